The van der Waals surface area contributed by atoms with Gasteiger partial charge >= 0.3 is 0 Å². The Hall–Kier alpha value is -1.61. The van der Waals surface area contributed by atoms with Gasteiger partial charge < -0.3 is 4.74 Å². The number of hydrazine groups is 1. The lowest BCUT2D eigenvalue weighted by Gasteiger charge is -2.26. The van der Waals surface area contributed by atoms with Crippen molar-refractivity contribution >= 4 is 11.6 Å². The summed E-state index contributed by atoms with van der Waals surface area (Å²) in [6.45, 7) is 8.46. The van der Waals surface area contributed by atoms with Crippen LogP contribution >= 0.6 is 11.6 Å². The molecule has 0 fully saturated rings. The largest absolute Gasteiger partial charge is 0.487 e. The van der Waals surface area contributed by atoms with Crippen molar-refractivity contribution < 1.29 is 4.74 Å². The highest BCUT2D eigenvalue weighted by Crippen LogP contribution is 2.27. The summed E-state index contributed by atoms with van der Waals surface area (Å²) < 4.78 is 5.89. The highest BCUT2D eigenvalue weighted by molar-refractivity contribution is 6.31. The molecule has 0 aromatic heterocycles. The highest BCUT2D eigenvalue weighted by atomic mass is 35.5. The lowest BCUT2D eigenvalue weighted by molar-refractivity contribution is 0.117. The minimum absolute atomic E-state index is 0.516. The Balaban J connectivity index is 2.10. The molecule has 1 aliphatic heterocycles. The first-order valence-electron chi connectivity index (χ1n) is 6.16. The second-order valence-corrected chi connectivity index (χ2v) is 5.24. The average Bonchev–Trinajstić information content (AvgIpc) is 2.60. The van der Waals surface area contributed by atoms with Crippen LogP contribution in [0, 0.1) is 13.8 Å². The Morgan fingerprint density at radius 2 is 1.84 bits per heavy atom. The van der Waals surface area contributed by atoms with E-state index in [0.717, 1.165) is 33.3 Å². The summed E-state index contributed by atoms with van der Waals surface area (Å²) >= 11 is 6.08. The van der Waals surface area contributed by atoms with Crippen molar-refractivity contribution in [2.75, 3.05) is 20.7 Å². The monoisotopic (exact) mass is 278 g/mol. The maximum atomic E-state index is 6.08. The number of rotatable bonds is 3. The zero-order valence-corrected chi connectivity index (χ0v) is 12.6. The first-order valence-corrected chi connectivity index (χ1v) is 6.54. The van der Waals surface area contributed by atoms with Crippen LogP contribution in [0.5, 0.6) is 5.75 Å². The topological polar surface area (TPSA) is 15.7 Å². The van der Waals surface area contributed by atoms with Crippen molar-refractivity contribution in [1.82, 2.24) is 10.0 Å². The van der Waals surface area contributed by atoms with Crippen molar-refractivity contribution in [3.8, 4) is 5.75 Å². The average molecular weight is 279 g/mol. The summed E-state index contributed by atoms with van der Waals surface area (Å²) in [5.74, 6) is 0.872. The zero-order chi connectivity index (χ0) is 14.2. The van der Waals surface area contributed by atoms with E-state index in [1.54, 1.807) is 0 Å². The molecule has 0 N–H and O–H groups in total. The molecule has 1 aromatic carbocycles. The first-order chi connectivity index (χ1) is 8.90. The Morgan fingerprint density at radius 1 is 1.16 bits per heavy atom. The fraction of sp³-hybridized carbons (Fsp3) is 0.333. The van der Waals surface area contributed by atoms with Crippen LogP contribution in [0.1, 0.15) is 11.1 Å². The molecule has 0 saturated heterocycles. The standard InChI is InChI=1S/C15H19ClN2O/c1-10-7-15(11(2)6-14(10)16)19-9-13-8-12(3)17(4)18(13)5/h6-8H,3,9H2,1-2,4-5H3. The highest BCUT2D eigenvalue weighted by Gasteiger charge is 2.19. The Morgan fingerprint density at radius 3 is 2.42 bits per heavy atom. The van der Waals surface area contributed by atoms with Gasteiger partial charge in [0, 0.05) is 19.1 Å². The van der Waals surface area contributed by atoms with E-state index in [-0.39, 0.29) is 0 Å². The van der Waals surface area contributed by atoms with Gasteiger partial charge in [0.15, 0.2) is 0 Å². The lowest BCUT2D eigenvalue weighted by atomic mass is 10.1. The van der Waals surface area contributed by atoms with Gasteiger partial charge in [-0.05, 0) is 43.2 Å². The summed E-state index contributed by atoms with van der Waals surface area (Å²) in [4.78, 5) is 0. The molecule has 1 aliphatic rings. The molecule has 0 unspecified atom stereocenters. The molecule has 0 bridgehead atoms. The number of benzene rings is 1. The van der Waals surface area contributed by atoms with Gasteiger partial charge in [0.05, 0.1) is 11.4 Å². The van der Waals surface area contributed by atoms with Crippen LogP contribution in [-0.4, -0.2) is 30.7 Å². The van der Waals surface area contributed by atoms with E-state index in [1.807, 2.05) is 56.2 Å². The number of ether oxygens (including phenoxy) is 1. The van der Waals surface area contributed by atoms with E-state index in [0.29, 0.717) is 6.61 Å². The number of likely N-dealkylation sites (N-methyl/N-ethyl adjacent to an activating group) is 2. The van der Waals surface area contributed by atoms with Crippen molar-refractivity contribution in [3.63, 3.8) is 0 Å². The van der Waals surface area contributed by atoms with E-state index in [2.05, 4.69) is 6.58 Å². The second-order valence-electron chi connectivity index (χ2n) is 4.83. The summed E-state index contributed by atoms with van der Waals surface area (Å²) in [7, 11) is 3.97. The molecule has 19 heavy (non-hydrogen) atoms. The van der Waals surface area contributed by atoms with Gasteiger partial charge in [0.2, 0.25) is 0 Å². The third kappa shape index (κ3) is 2.71. The summed E-state index contributed by atoms with van der Waals surface area (Å²) in [5.41, 5.74) is 4.12. The predicted octanol–water partition coefficient (Wildman–Crippen LogP) is 3.53. The zero-order valence-electron chi connectivity index (χ0n) is 11.8. The molecular weight excluding hydrogens is 260 g/mol. The maximum Gasteiger partial charge on any atom is 0.130 e. The van der Waals surface area contributed by atoms with Crippen molar-refractivity contribution in [2.45, 2.75) is 13.8 Å². The number of aryl methyl sites for hydroxylation is 2. The van der Waals surface area contributed by atoms with Gasteiger partial charge in [0.25, 0.3) is 0 Å². The lowest BCUT2D eigenvalue weighted by Crippen LogP contribution is -2.30. The molecule has 3 nitrogen and oxygen atoms in total. The van der Waals surface area contributed by atoms with Crippen LogP contribution in [0.15, 0.2) is 36.2 Å². The molecule has 4 heteroatoms. The normalized spacial score (nSPS) is 15.0. The molecule has 102 valence electrons. The van der Waals surface area contributed by atoms with Crippen LogP contribution in [0.25, 0.3) is 0 Å². The molecule has 0 aliphatic carbocycles. The fourth-order valence-electron chi connectivity index (χ4n) is 1.96. The van der Waals surface area contributed by atoms with Gasteiger partial charge in [-0.3, -0.25) is 10.0 Å². The number of nitrogens with zero attached hydrogens (tertiary/aromatic N) is 2. The quantitative estimate of drug-likeness (QED) is 0.841. The number of allylic oxidation sites excluding steroid dienone is 1. The minimum Gasteiger partial charge on any atom is -0.487 e. The summed E-state index contributed by atoms with van der Waals surface area (Å²) in [5, 5.41) is 4.79. The third-order valence-electron chi connectivity index (χ3n) is 3.45. The summed E-state index contributed by atoms with van der Waals surface area (Å²) in [6.07, 6.45) is 2.03. The van der Waals surface area contributed by atoms with Gasteiger partial charge in [-0.1, -0.05) is 18.2 Å². The van der Waals surface area contributed by atoms with E-state index >= 15 is 0 Å². The first kappa shape index (κ1) is 13.8. The van der Waals surface area contributed by atoms with E-state index in [4.69, 9.17) is 16.3 Å². The van der Waals surface area contributed by atoms with Crippen LogP contribution in [0.2, 0.25) is 5.02 Å². The molecule has 0 spiro atoms. The molecular formula is C15H19ClN2O. The van der Waals surface area contributed by atoms with Crippen molar-refractivity contribution in [2.24, 2.45) is 0 Å². The van der Waals surface area contributed by atoms with Crippen molar-refractivity contribution in [3.05, 3.63) is 52.3 Å². The minimum atomic E-state index is 0.516. The Bertz CT molecular complexity index is 551. The van der Waals surface area contributed by atoms with Crippen LogP contribution < -0.4 is 4.74 Å². The fourth-order valence-corrected chi connectivity index (χ4v) is 2.18. The van der Waals surface area contributed by atoms with Gasteiger partial charge in [0.1, 0.15) is 12.4 Å². The molecule has 0 radical (unpaired) electrons. The van der Waals surface area contributed by atoms with E-state index in [1.165, 1.54) is 0 Å². The molecule has 0 atom stereocenters. The Labute approximate surface area is 119 Å². The number of halogens is 1. The maximum absolute atomic E-state index is 6.08. The third-order valence-corrected chi connectivity index (χ3v) is 3.85. The second kappa shape index (κ2) is 5.17. The number of hydrogen-bond donors (Lipinski definition) is 0. The Kier molecular flexibility index (Phi) is 3.76. The van der Waals surface area contributed by atoms with Gasteiger partial charge in [-0.25, -0.2) is 0 Å². The molecule has 0 saturated carbocycles. The van der Waals surface area contributed by atoms with Crippen LogP contribution in [-0.2, 0) is 0 Å². The van der Waals surface area contributed by atoms with E-state index < -0.39 is 0 Å². The predicted molar refractivity (Wildman–Crippen MR) is 79.2 cm³/mol. The van der Waals surface area contributed by atoms with Crippen LogP contribution in [0.3, 0.4) is 0 Å². The smallest absolute Gasteiger partial charge is 0.130 e. The van der Waals surface area contributed by atoms with Crippen molar-refractivity contribution in [1.29, 1.82) is 0 Å². The van der Waals surface area contributed by atoms with Gasteiger partial charge in [-0.2, -0.15) is 0 Å². The SMILES string of the molecule is C=C1C=C(COc2cc(C)c(Cl)cc2C)N(C)N1C. The molecule has 1 heterocycles. The van der Waals surface area contributed by atoms with Gasteiger partial charge in [-0.15, -0.1) is 0 Å². The number of hydrogen-bond acceptors (Lipinski definition) is 3. The summed E-state index contributed by atoms with van der Waals surface area (Å²) in [6, 6.07) is 3.91. The van der Waals surface area contributed by atoms with Crippen LogP contribution in [0.4, 0.5) is 0 Å². The molecule has 1 aromatic rings. The molecule has 0 amide bonds. The molecule has 2 rings (SSSR count). The van der Waals surface area contributed by atoms with E-state index in [9.17, 15) is 0 Å².